The van der Waals surface area contributed by atoms with Crippen LogP contribution in [0, 0.1) is 28.7 Å². The van der Waals surface area contributed by atoms with E-state index in [0.29, 0.717) is 23.2 Å². The van der Waals surface area contributed by atoms with Gasteiger partial charge in [-0.1, -0.05) is 11.6 Å². The first-order valence-electron chi connectivity index (χ1n) is 9.03. The third kappa shape index (κ3) is 2.95. The molecule has 0 saturated carbocycles. The van der Waals surface area contributed by atoms with E-state index in [2.05, 4.69) is 22.5 Å². The molecule has 3 saturated heterocycles. The van der Waals surface area contributed by atoms with E-state index in [1.807, 2.05) is 17.0 Å². The molecule has 0 radical (unpaired) electrons. The Kier molecular flexibility index (Phi) is 4.38. The molecule has 3 aliphatic heterocycles. The molecule has 3 heterocycles. The standard InChI is InChI=1S/C19H20ClN5O/c20-14-5-12(9-21)6-16(7-14)24-4-3-13(10-24)19(26)23-17-8-15-1-2-18(17)25(15)11-22/h5-7,13,15,17-18H,1-4,8,10H2,(H,23,26)/t13?,15-,17+,18+/m0/s1. The van der Waals surface area contributed by atoms with Crippen molar-refractivity contribution in [1.29, 1.82) is 10.5 Å². The Labute approximate surface area is 157 Å². The van der Waals surface area contributed by atoms with Gasteiger partial charge in [0, 0.05) is 29.8 Å². The Balaban J connectivity index is 1.39. The molecule has 1 unspecified atom stereocenters. The number of benzene rings is 1. The van der Waals surface area contributed by atoms with Gasteiger partial charge in [0.15, 0.2) is 6.19 Å². The molecule has 26 heavy (non-hydrogen) atoms. The molecule has 4 atom stereocenters. The van der Waals surface area contributed by atoms with Crippen LogP contribution < -0.4 is 10.2 Å². The van der Waals surface area contributed by atoms with Gasteiger partial charge in [-0.2, -0.15) is 10.5 Å². The minimum atomic E-state index is -0.0748. The van der Waals surface area contributed by atoms with Crippen molar-refractivity contribution in [1.82, 2.24) is 10.2 Å². The fourth-order valence-electron chi connectivity index (χ4n) is 4.63. The first-order chi connectivity index (χ1) is 12.6. The van der Waals surface area contributed by atoms with Gasteiger partial charge in [-0.25, -0.2) is 0 Å². The van der Waals surface area contributed by atoms with Gasteiger partial charge in [-0.05, 0) is 43.9 Å². The Morgan fingerprint density at radius 3 is 2.81 bits per heavy atom. The Morgan fingerprint density at radius 1 is 1.23 bits per heavy atom. The second-order valence-electron chi connectivity index (χ2n) is 7.40. The van der Waals surface area contributed by atoms with Crippen molar-refractivity contribution in [3.8, 4) is 12.3 Å². The highest BCUT2D eigenvalue weighted by Gasteiger charge is 2.47. The number of halogens is 1. The normalized spacial score (nSPS) is 29.5. The van der Waals surface area contributed by atoms with Crippen LogP contribution >= 0.6 is 11.6 Å². The van der Waals surface area contributed by atoms with Crippen molar-refractivity contribution in [3.63, 3.8) is 0 Å². The molecule has 6 nitrogen and oxygen atoms in total. The zero-order valence-electron chi connectivity index (χ0n) is 14.4. The molecule has 4 rings (SSSR count). The van der Waals surface area contributed by atoms with Crippen LogP contribution in [-0.2, 0) is 4.79 Å². The van der Waals surface area contributed by atoms with Crippen LogP contribution in [0.2, 0.25) is 5.02 Å². The molecule has 3 fully saturated rings. The highest BCUT2D eigenvalue weighted by atomic mass is 35.5. The molecular formula is C19H20ClN5O. The Hall–Kier alpha value is -2.44. The molecule has 1 aromatic rings. The van der Waals surface area contributed by atoms with Gasteiger partial charge in [0.1, 0.15) is 0 Å². The second-order valence-corrected chi connectivity index (χ2v) is 7.83. The lowest BCUT2D eigenvalue weighted by Gasteiger charge is -2.24. The van der Waals surface area contributed by atoms with E-state index < -0.39 is 0 Å². The largest absolute Gasteiger partial charge is 0.371 e. The minimum Gasteiger partial charge on any atom is -0.371 e. The molecule has 7 heteroatoms. The van der Waals surface area contributed by atoms with Gasteiger partial charge in [0.05, 0.1) is 29.6 Å². The van der Waals surface area contributed by atoms with Crippen LogP contribution in [0.3, 0.4) is 0 Å². The summed E-state index contributed by atoms with van der Waals surface area (Å²) >= 11 is 6.09. The summed E-state index contributed by atoms with van der Waals surface area (Å²) in [7, 11) is 0. The van der Waals surface area contributed by atoms with Crippen LogP contribution in [0.5, 0.6) is 0 Å². The van der Waals surface area contributed by atoms with Crippen LogP contribution in [-0.4, -0.2) is 42.0 Å². The third-order valence-corrected chi connectivity index (χ3v) is 6.13. The number of hydrogen-bond acceptors (Lipinski definition) is 5. The average molecular weight is 370 g/mol. The monoisotopic (exact) mass is 369 g/mol. The zero-order chi connectivity index (χ0) is 18.3. The van der Waals surface area contributed by atoms with Gasteiger partial charge in [-0.15, -0.1) is 0 Å². The Bertz CT molecular complexity index is 813. The van der Waals surface area contributed by atoms with Gasteiger partial charge in [-0.3, -0.25) is 4.79 Å². The predicted octanol–water partition coefficient (Wildman–Crippen LogP) is 2.24. The maximum Gasteiger partial charge on any atom is 0.225 e. The third-order valence-electron chi connectivity index (χ3n) is 5.92. The maximum atomic E-state index is 12.7. The summed E-state index contributed by atoms with van der Waals surface area (Å²) in [5, 5.41) is 22.1. The second kappa shape index (κ2) is 6.70. The highest BCUT2D eigenvalue weighted by Crippen LogP contribution is 2.37. The molecule has 0 aromatic heterocycles. The van der Waals surface area contributed by atoms with E-state index in [1.165, 1.54) is 0 Å². The van der Waals surface area contributed by atoms with Gasteiger partial charge in [0.2, 0.25) is 5.91 Å². The van der Waals surface area contributed by atoms with E-state index in [4.69, 9.17) is 16.9 Å². The lowest BCUT2D eigenvalue weighted by molar-refractivity contribution is -0.125. The smallest absolute Gasteiger partial charge is 0.225 e. The van der Waals surface area contributed by atoms with Crippen molar-refractivity contribution >= 4 is 23.2 Å². The number of anilines is 1. The van der Waals surface area contributed by atoms with Crippen LogP contribution in [0.4, 0.5) is 5.69 Å². The summed E-state index contributed by atoms with van der Waals surface area (Å²) in [6, 6.07) is 7.96. The first-order valence-corrected chi connectivity index (χ1v) is 9.41. The molecule has 1 aromatic carbocycles. The van der Waals surface area contributed by atoms with E-state index in [9.17, 15) is 10.1 Å². The van der Waals surface area contributed by atoms with Crippen molar-refractivity contribution in [2.24, 2.45) is 5.92 Å². The summed E-state index contributed by atoms with van der Waals surface area (Å²) in [5.41, 5.74) is 1.42. The number of carbonyl (C=O) groups is 1. The maximum absolute atomic E-state index is 12.7. The number of nitrogens with one attached hydrogen (secondary N) is 1. The topological polar surface area (TPSA) is 83.2 Å². The van der Waals surface area contributed by atoms with E-state index in [-0.39, 0.29) is 23.9 Å². The molecule has 3 aliphatic rings. The SMILES string of the molecule is N#Cc1cc(Cl)cc(N2CCC(C(=O)N[C@@H]3C[C@@H]4CC[C@H]3N4C#N)C2)c1. The van der Waals surface area contributed by atoms with Crippen LogP contribution in [0.15, 0.2) is 18.2 Å². The van der Waals surface area contributed by atoms with Gasteiger partial charge < -0.3 is 15.1 Å². The van der Waals surface area contributed by atoms with Crippen molar-refractivity contribution in [2.45, 2.75) is 43.8 Å². The lowest BCUT2D eigenvalue weighted by Crippen LogP contribution is -2.46. The first kappa shape index (κ1) is 17.0. The number of carbonyl (C=O) groups excluding carboxylic acids is 1. The predicted molar refractivity (Wildman–Crippen MR) is 97.3 cm³/mol. The van der Waals surface area contributed by atoms with Crippen molar-refractivity contribution < 1.29 is 4.79 Å². The van der Waals surface area contributed by atoms with Gasteiger partial charge in [0.25, 0.3) is 0 Å². The lowest BCUT2D eigenvalue weighted by atomic mass is 9.95. The minimum absolute atomic E-state index is 0.0745. The number of nitriles is 2. The quantitative estimate of drug-likeness (QED) is 0.826. The number of hydrogen-bond donors (Lipinski definition) is 1. The van der Waals surface area contributed by atoms with Crippen molar-refractivity contribution in [2.75, 3.05) is 18.0 Å². The Morgan fingerprint density at radius 2 is 2.08 bits per heavy atom. The highest BCUT2D eigenvalue weighted by molar-refractivity contribution is 6.31. The molecule has 2 bridgehead atoms. The fourth-order valence-corrected chi connectivity index (χ4v) is 4.86. The number of nitrogens with zero attached hydrogens (tertiary/aromatic N) is 4. The number of fused-ring (bicyclic) bond motifs is 2. The summed E-state index contributed by atoms with van der Waals surface area (Å²) in [6.07, 6.45) is 5.97. The van der Waals surface area contributed by atoms with E-state index >= 15 is 0 Å². The molecule has 1 N–H and O–H groups in total. The molecule has 0 spiro atoms. The fraction of sp³-hybridized carbons (Fsp3) is 0.526. The van der Waals surface area contributed by atoms with Crippen LogP contribution in [0.25, 0.3) is 0 Å². The molecular weight excluding hydrogens is 350 g/mol. The average Bonchev–Trinajstić information content (AvgIpc) is 3.35. The zero-order valence-corrected chi connectivity index (χ0v) is 15.1. The summed E-state index contributed by atoms with van der Waals surface area (Å²) in [4.78, 5) is 16.7. The van der Waals surface area contributed by atoms with E-state index in [1.54, 1.807) is 6.07 Å². The number of amides is 1. The van der Waals surface area contributed by atoms with Gasteiger partial charge >= 0.3 is 0 Å². The molecule has 134 valence electrons. The van der Waals surface area contributed by atoms with E-state index in [0.717, 1.165) is 37.9 Å². The summed E-state index contributed by atoms with van der Waals surface area (Å²) in [6.45, 7) is 1.39. The summed E-state index contributed by atoms with van der Waals surface area (Å²) in [5.74, 6) is -0.000320. The van der Waals surface area contributed by atoms with Crippen molar-refractivity contribution in [3.05, 3.63) is 28.8 Å². The molecule has 0 aliphatic carbocycles. The van der Waals surface area contributed by atoms with Crippen LogP contribution in [0.1, 0.15) is 31.2 Å². The summed E-state index contributed by atoms with van der Waals surface area (Å²) < 4.78 is 0. The molecule has 1 amide bonds. The number of rotatable bonds is 3.